The van der Waals surface area contributed by atoms with Crippen LogP contribution in [0.2, 0.25) is 0 Å². The minimum atomic E-state index is -0.0794. The fraction of sp³-hybridized carbons (Fsp3) is 0.0870. The maximum atomic E-state index is 2.53. The van der Waals surface area contributed by atoms with Crippen LogP contribution in [-0.4, -0.2) is 0 Å². The summed E-state index contributed by atoms with van der Waals surface area (Å²) in [7, 11) is 0. The molecule has 7 aromatic carbocycles. The van der Waals surface area contributed by atoms with Crippen LogP contribution in [-0.2, 0) is 5.41 Å². The molecule has 47 heavy (non-hydrogen) atoms. The molecule has 1 atom stereocenters. The van der Waals surface area contributed by atoms with Gasteiger partial charge in [0.15, 0.2) is 0 Å². The van der Waals surface area contributed by atoms with E-state index >= 15 is 0 Å². The van der Waals surface area contributed by atoms with Crippen molar-refractivity contribution in [3.8, 4) is 33.4 Å². The SMILES string of the molecule is CC1(C)c2ccc(-c3ccc(N(c4ccccc4)c4ccccc4)cc3)cc2-c2cc3c(cc21)C(c1ccccc1)c1ccccc1-3. The van der Waals surface area contributed by atoms with Crippen LogP contribution in [0, 0.1) is 0 Å². The van der Waals surface area contributed by atoms with E-state index in [0.29, 0.717) is 0 Å². The molecule has 1 heteroatoms. The fourth-order valence-electron chi connectivity index (χ4n) is 8.04. The monoisotopic (exact) mass is 601 g/mol. The van der Waals surface area contributed by atoms with E-state index in [1.54, 1.807) is 0 Å². The highest BCUT2D eigenvalue weighted by atomic mass is 15.1. The lowest BCUT2D eigenvalue weighted by molar-refractivity contribution is 0.659. The first-order valence-corrected chi connectivity index (χ1v) is 16.6. The van der Waals surface area contributed by atoms with Gasteiger partial charge in [-0.25, -0.2) is 0 Å². The number of para-hydroxylation sites is 2. The Kier molecular flexibility index (Phi) is 6.30. The standard InChI is InChI=1S/C46H35N/c1-46(2)43-27-24-33(31-22-25-36(26-23-31)47(34-16-8-4-9-17-34)35-18-10-5-11-19-35)28-40(43)41-29-39-37-20-12-13-21-38(37)45(42(39)30-44(41)46)32-14-6-3-7-15-32/h3-30,45H,1-2H3. The topological polar surface area (TPSA) is 3.24 Å². The van der Waals surface area contributed by atoms with Crippen molar-refractivity contribution in [2.75, 3.05) is 4.90 Å². The highest BCUT2D eigenvalue weighted by Crippen LogP contribution is 2.56. The minimum absolute atomic E-state index is 0.0794. The smallest absolute Gasteiger partial charge is 0.0462 e. The molecule has 0 saturated heterocycles. The van der Waals surface area contributed by atoms with Gasteiger partial charge in [0.05, 0.1) is 0 Å². The molecule has 0 bridgehead atoms. The molecule has 2 aliphatic rings. The Balaban J connectivity index is 1.13. The molecular formula is C46H35N. The maximum absolute atomic E-state index is 2.53. The molecular weight excluding hydrogens is 567 g/mol. The van der Waals surface area contributed by atoms with Gasteiger partial charge in [0.25, 0.3) is 0 Å². The van der Waals surface area contributed by atoms with Crippen LogP contribution in [0.5, 0.6) is 0 Å². The van der Waals surface area contributed by atoms with Gasteiger partial charge in [-0.05, 0) is 110 Å². The van der Waals surface area contributed by atoms with Crippen molar-refractivity contribution >= 4 is 17.1 Å². The Morgan fingerprint density at radius 2 is 0.957 bits per heavy atom. The molecule has 0 radical (unpaired) electrons. The Morgan fingerprint density at radius 3 is 1.64 bits per heavy atom. The number of benzene rings is 7. The Morgan fingerprint density at radius 1 is 0.404 bits per heavy atom. The summed E-state index contributed by atoms with van der Waals surface area (Å²) in [6.07, 6.45) is 0. The van der Waals surface area contributed by atoms with Crippen LogP contribution in [0.25, 0.3) is 33.4 Å². The molecule has 0 fully saturated rings. The number of rotatable bonds is 5. The van der Waals surface area contributed by atoms with Crippen molar-refractivity contribution in [2.45, 2.75) is 25.2 Å². The lowest BCUT2D eigenvalue weighted by Gasteiger charge is -2.25. The van der Waals surface area contributed by atoms with Crippen LogP contribution in [0.1, 0.15) is 47.6 Å². The van der Waals surface area contributed by atoms with Crippen LogP contribution in [0.15, 0.2) is 170 Å². The maximum Gasteiger partial charge on any atom is 0.0462 e. The number of fused-ring (bicyclic) bond motifs is 6. The molecule has 0 N–H and O–H groups in total. The van der Waals surface area contributed by atoms with Crippen molar-refractivity contribution in [3.63, 3.8) is 0 Å². The summed E-state index contributed by atoms with van der Waals surface area (Å²) < 4.78 is 0. The quantitative estimate of drug-likeness (QED) is 0.190. The van der Waals surface area contributed by atoms with Gasteiger partial charge in [-0.3, -0.25) is 0 Å². The van der Waals surface area contributed by atoms with E-state index in [9.17, 15) is 0 Å². The second-order valence-electron chi connectivity index (χ2n) is 13.4. The Bertz CT molecular complexity index is 2210. The lowest BCUT2D eigenvalue weighted by atomic mass is 9.80. The van der Waals surface area contributed by atoms with Gasteiger partial charge in [0.2, 0.25) is 0 Å². The number of nitrogens with zero attached hydrogens (tertiary/aromatic N) is 1. The summed E-state index contributed by atoms with van der Waals surface area (Å²) in [5, 5.41) is 0. The summed E-state index contributed by atoms with van der Waals surface area (Å²) in [6.45, 7) is 4.78. The summed E-state index contributed by atoms with van der Waals surface area (Å²) in [5.41, 5.74) is 18.3. The molecule has 7 aromatic rings. The highest BCUT2D eigenvalue weighted by Gasteiger charge is 2.39. The summed E-state index contributed by atoms with van der Waals surface area (Å²) in [6, 6.07) is 62.3. The summed E-state index contributed by atoms with van der Waals surface area (Å²) >= 11 is 0. The van der Waals surface area contributed by atoms with Crippen molar-refractivity contribution in [1.29, 1.82) is 0 Å². The van der Waals surface area contributed by atoms with Crippen LogP contribution >= 0.6 is 0 Å². The first-order chi connectivity index (χ1) is 23.1. The van der Waals surface area contributed by atoms with E-state index in [-0.39, 0.29) is 11.3 Å². The molecule has 0 aliphatic heterocycles. The molecule has 1 nitrogen and oxygen atoms in total. The molecule has 0 aromatic heterocycles. The fourth-order valence-corrected chi connectivity index (χ4v) is 8.04. The van der Waals surface area contributed by atoms with Gasteiger partial charge in [0, 0.05) is 28.4 Å². The average Bonchev–Trinajstić information content (AvgIpc) is 3.57. The normalized spacial score (nSPS) is 15.0. The third kappa shape index (κ3) is 4.38. The van der Waals surface area contributed by atoms with E-state index in [1.807, 2.05) is 0 Å². The van der Waals surface area contributed by atoms with E-state index in [2.05, 4.69) is 189 Å². The first kappa shape index (κ1) is 27.6. The molecule has 0 saturated carbocycles. The third-order valence-electron chi connectivity index (χ3n) is 10.3. The molecule has 2 aliphatic carbocycles. The minimum Gasteiger partial charge on any atom is -0.311 e. The number of anilines is 3. The predicted molar refractivity (Wildman–Crippen MR) is 197 cm³/mol. The van der Waals surface area contributed by atoms with Crippen molar-refractivity contribution in [2.24, 2.45) is 0 Å². The van der Waals surface area contributed by atoms with Crippen molar-refractivity contribution in [1.82, 2.24) is 0 Å². The molecule has 9 rings (SSSR count). The van der Waals surface area contributed by atoms with Gasteiger partial charge in [-0.2, -0.15) is 0 Å². The largest absolute Gasteiger partial charge is 0.311 e. The summed E-state index contributed by atoms with van der Waals surface area (Å²) in [5.74, 6) is 0.257. The lowest BCUT2D eigenvalue weighted by Crippen LogP contribution is -2.15. The molecule has 0 heterocycles. The second-order valence-corrected chi connectivity index (χ2v) is 13.4. The number of hydrogen-bond donors (Lipinski definition) is 0. The van der Waals surface area contributed by atoms with Gasteiger partial charge in [-0.15, -0.1) is 0 Å². The van der Waals surface area contributed by atoms with E-state index in [4.69, 9.17) is 0 Å². The molecule has 1 unspecified atom stereocenters. The van der Waals surface area contributed by atoms with Crippen molar-refractivity contribution < 1.29 is 0 Å². The zero-order chi connectivity index (χ0) is 31.5. The van der Waals surface area contributed by atoms with E-state index in [1.165, 1.54) is 61.2 Å². The second kappa shape index (κ2) is 10.7. The zero-order valence-electron chi connectivity index (χ0n) is 26.7. The van der Waals surface area contributed by atoms with Gasteiger partial charge >= 0.3 is 0 Å². The average molecular weight is 602 g/mol. The zero-order valence-corrected chi connectivity index (χ0v) is 26.7. The van der Waals surface area contributed by atoms with Crippen molar-refractivity contribution in [3.05, 3.63) is 198 Å². The van der Waals surface area contributed by atoms with E-state index in [0.717, 1.165) is 17.1 Å². The third-order valence-corrected chi connectivity index (χ3v) is 10.3. The number of hydrogen-bond acceptors (Lipinski definition) is 1. The summed E-state index contributed by atoms with van der Waals surface area (Å²) in [4.78, 5) is 2.31. The Labute approximate surface area is 277 Å². The highest BCUT2D eigenvalue weighted by molar-refractivity contribution is 5.91. The molecule has 0 amide bonds. The molecule has 224 valence electrons. The molecule has 0 spiro atoms. The van der Waals surface area contributed by atoms with Gasteiger partial charge in [-0.1, -0.05) is 135 Å². The van der Waals surface area contributed by atoms with Gasteiger partial charge < -0.3 is 4.90 Å². The first-order valence-electron chi connectivity index (χ1n) is 16.6. The van der Waals surface area contributed by atoms with E-state index < -0.39 is 0 Å². The van der Waals surface area contributed by atoms with Gasteiger partial charge in [0.1, 0.15) is 0 Å². The van der Waals surface area contributed by atoms with Crippen LogP contribution in [0.4, 0.5) is 17.1 Å². The predicted octanol–water partition coefficient (Wildman–Crippen LogP) is 12.3. The van der Waals surface area contributed by atoms with Crippen LogP contribution in [0.3, 0.4) is 0 Å². The van der Waals surface area contributed by atoms with Crippen LogP contribution < -0.4 is 4.90 Å². The Hall–Kier alpha value is -5.66.